The number of benzene rings is 3. The van der Waals surface area contributed by atoms with Crippen molar-refractivity contribution in [2.45, 2.75) is 37.7 Å². The summed E-state index contributed by atoms with van der Waals surface area (Å²) in [4.78, 5) is 0. The lowest BCUT2D eigenvalue weighted by molar-refractivity contribution is 0.0216. The molecular weight excluding hydrogens is 332 g/mol. The zero-order chi connectivity index (χ0) is 18.7. The Morgan fingerprint density at radius 1 is 0.926 bits per heavy atom. The van der Waals surface area contributed by atoms with E-state index in [1.54, 1.807) is 0 Å². The molecular formula is C25H26O2. The number of aliphatic hydroxyl groups excluding tert-OH is 1. The Hall–Kier alpha value is -2.58. The Balaban J connectivity index is 1.57. The van der Waals surface area contributed by atoms with Crippen LogP contribution in [0.25, 0.3) is 0 Å². The fourth-order valence-corrected chi connectivity index (χ4v) is 4.10. The molecule has 2 unspecified atom stereocenters. The van der Waals surface area contributed by atoms with Gasteiger partial charge in [-0.3, -0.25) is 0 Å². The molecule has 0 saturated heterocycles. The van der Waals surface area contributed by atoms with Crippen molar-refractivity contribution in [2.24, 2.45) is 0 Å². The van der Waals surface area contributed by atoms with E-state index in [0.717, 1.165) is 11.3 Å². The molecule has 0 heterocycles. The van der Waals surface area contributed by atoms with Gasteiger partial charge in [-0.15, -0.1) is 0 Å². The maximum Gasteiger partial charge on any atom is 0.154 e. The largest absolute Gasteiger partial charge is 0.480 e. The number of aryl methyl sites for hydroxylation is 1. The van der Waals surface area contributed by atoms with Crippen molar-refractivity contribution >= 4 is 0 Å². The second-order valence-electron chi connectivity index (χ2n) is 7.57. The molecule has 1 aliphatic rings. The van der Waals surface area contributed by atoms with E-state index in [1.807, 2.05) is 49.4 Å². The predicted octanol–water partition coefficient (Wildman–Crippen LogP) is 5.44. The van der Waals surface area contributed by atoms with Gasteiger partial charge in [-0.05, 0) is 60.6 Å². The van der Waals surface area contributed by atoms with Gasteiger partial charge in [0, 0.05) is 5.92 Å². The van der Waals surface area contributed by atoms with E-state index in [9.17, 15) is 5.11 Å². The molecule has 2 atom stereocenters. The lowest BCUT2D eigenvalue weighted by Gasteiger charge is -2.30. The fourth-order valence-electron chi connectivity index (χ4n) is 4.10. The van der Waals surface area contributed by atoms with E-state index in [0.29, 0.717) is 5.92 Å². The summed E-state index contributed by atoms with van der Waals surface area (Å²) in [6.07, 6.45) is 3.60. The van der Waals surface area contributed by atoms with Gasteiger partial charge in [0.15, 0.2) is 5.60 Å². The summed E-state index contributed by atoms with van der Waals surface area (Å²) in [6, 6.07) is 27.1. The molecule has 0 radical (unpaired) electrons. The molecule has 0 saturated carbocycles. The van der Waals surface area contributed by atoms with Gasteiger partial charge in [0.25, 0.3) is 0 Å². The molecule has 27 heavy (non-hydrogen) atoms. The topological polar surface area (TPSA) is 29.5 Å². The maximum absolute atomic E-state index is 9.94. The first kappa shape index (κ1) is 17.8. The predicted molar refractivity (Wildman–Crippen MR) is 109 cm³/mol. The summed E-state index contributed by atoms with van der Waals surface area (Å²) in [5.41, 5.74) is 4.49. The van der Waals surface area contributed by atoms with Crippen LogP contribution >= 0.6 is 0 Å². The first-order valence-electron chi connectivity index (χ1n) is 9.73. The number of aliphatic hydroxyl groups is 1. The van der Waals surface area contributed by atoms with Crippen molar-refractivity contribution in [2.75, 3.05) is 6.61 Å². The molecule has 0 aromatic heterocycles. The summed E-state index contributed by atoms with van der Waals surface area (Å²) in [6.45, 7) is 1.85. The minimum Gasteiger partial charge on any atom is -0.480 e. The van der Waals surface area contributed by atoms with Crippen LogP contribution in [-0.4, -0.2) is 11.7 Å². The monoisotopic (exact) mass is 358 g/mol. The third-order valence-electron chi connectivity index (χ3n) is 5.68. The third-order valence-corrected chi connectivity index (χ3v) is 5.68. The van der Waals surface area contributed by atoms with Gasteiger partial charge in [-0.2, -0.15) is 0 Å². The fraction of sp³-hybridized carbons (Fsp3) is 0.280. The Morgan fingerprint density at radius 3 is 2.37 bits per heavy atom. The van der Waals surface area contributed by atoms with Crippen molar-refractivity contribution in [3.63, 3.8) is 0 Å². The highest BCUT2D eigenvalue weighted by Crippen LogP contribution is 2.37. The van der Waals surface area contributed by atoms with Crippen LogP contribution in [0.1, 0.15) is 47.9 Å². The average molecular weight is 358 g/mol. The zero-order valence-electron chi connectivity index (χ0n) is 15.8. The molecule has 0 spiro atoms. The molecule has 0 fully saturated rings. The van der Waals surface area contributed by atoms with Gasteiger partial charge < -0.3 is 9.84 Å². The Kier molecular flexibility index (Phi) is 5.00. The van der Waals surface area contributed by atoms with Crippen LogP contribution in [0.4, 0.5) is 0 Å². The minimum absolute atomic E-state index is 0.0746. The van der Waals surface area contributed by atoms with Crippen LogP contribution in [0.3, 0.4) is 0 Å². The van der Waals surface area contributed by atoms with Crippen molar-refractivity contribution in [3.8, 4) is 5.75 Å². The van der Waals surface area contributed by atoms with Crippen LogP contribution in [-0.2, 0) is 12.0 Å². The van der Waals surface area contributed by atoms with E-state index in [-0.39, 0.29) is 6.61 Å². The standard InChI is InChI=1S/C25H26O2/c1-25(18-26,21-10-3-2-4-11-21)27-22-16-14-20(15-17-22)24-13-7-9-19-8-5-6-12-23(19)24/h2-6,8,10-12,14-17,24,26H,7,9,13,18H2,1H3. The smallest absolute Gasteiger partial charge is 0.154 e. The molecule has 0 bridgehead atoms. The van der Waals surface area contributed by atoms with E-state index in [1.165, 1.54) is 36.0 Å². The van der Waals surface area contributed by atoms with E-state index in [4.69, 9.17) is 4.74 Å². The number of hydrogen-bond donors (Lipinski definition) is 1. The Bertz CT molecular complexity index is 886. The summed E-state index contributed by atoms with van der Waals surface area (Å²) in [5, 5.41) is 9.94. The highest BCUT2D eigenvalue weighted by molar-refractivity contribution is 5.41. The number of hydrogen-bond acceptors (Lipinski definition) is 2. The molecule has 2 heteroatoms. The molecule has 0 aliphatic heterocycles. The van der Waals surface area contributed by atoms with Crippen LogP contribution < -0.4 is 4.74 Å². The normalized spacial score (nSPS) is 18.4. The SMILES string of the molecule is CC(CO)(Oc1ccc(C2CCCc3ccccc32)cc1)c1ccccc1. The minimum atomic E-state index is -0.750. The van der Waals surface area contributed by atoms with Crippen molar-refractivity contribution in [1.82, 2.24) is 0 Å². The second-order valence-corrected chi connectivity index (χ2v) is 7.57. The summed E-state index contributed by atoms with van der Waals surface area (Å²) >= 11 is 0. The lowest BCUT2D eigenvalue weighted by Crippen LogP contribution is -2.33. The number of rotatable bonds is 5. The zero-order valence-corrected chi connectivity index (χ0v) is 15.8. The first-order valence-corrected chi connectivity index (χ1v) is 9.73. The van der Waals surface area contributed by atoms with Crippen LogP contribution in [0.5, 0.6) is 5.75 Å². The van der Waals surface area contributed by atoms with E-state index >= 15 is 0 Å². The Morgan fingerprint density at radius 2 is 1.63 bits per heavy atom. The van der Waals surface area contributed by atoms with Gasteiger partial charge in [-0.25, -0.2) is 0 Å². The van der Waals surface area contributed by atoms with Crippen molar-refractivity contribution in [1.29, 1.82) is 0 Å². The molecule has 0 amide bonds. The van der Waals surface area contributed by atoms with Gasteiger partial charge in [0.1, 0.15) is 5.75 Å². The van der Waals surface area contributed by atoms with Gasteiger partial charge in [-0.1, -0.05) is 66.7 Å². The molecule has 138 valence electrons. The van der Waals surface area contributed by atoms with Gasteiger partial charge in [0.2, 0.25) is 0 Å². The second kappa shape index (κ2) is 7.58. The highest BCUT2D eigenvalue weighted by atomic mass is 16.5. The highest BCUT2D eigenvalue weighted by Gasteiger charge is 2.28. The molecule has 3 aromatic carbocycles. The van der Waals surface area contributed by atoms with E-state index < -0.39 is 5.60 Å². The van der Waals surface area contributed by atoms with Crippen LogP contribution in [0.2, 0.25) is 0 Å². The summed E-state index contributed by atoms with van der Waals surface area (Å²) in [7, 11) is 0. The van der Waals surface area contributed by atoms with Crippen LogP contribution in [0, 0.1) is 0 Å². The first-order chi connectivity index (χ1) is 13.2. The molecule has 2 nitrogen and oxygen atoms in total. The Labute approximate surface area is 161 Å². The quantitative estimate of drug-likeness (QED) is 0.658. The van der Waals surface area contributed by atoms with Crippen LogP contribution in [0.15, 0.2) is 78.9 Å². The maximum atomic E-state index is 9.94. The number of fused-ring (bicyclic) bond motifs is 1. The van der Waals surface area contributed by atoms with Crippen molar-refractivity contribution in [3.05, 3.63) is 101 Å². The molecule has 1 N–H and O–H groups in total. The average Bonchev–Trinajstić information content (AvgIpc) is 2.74. The van der Waals surface area contributed by atoms with E-state index in [2.05, 4.69) is 36.4 Å². The van der Waals surface area contributed by atoms with Crippen molar-refractivity contribution < 1.29 is 9.84 Å². The third kappa shape index (κ3) is 3.63. The molecule has 4 rings (SSSR count). The summed E-state index contributed by atoms with van der Waals surface area (Å²) in [5.74, 6) is 1.24. The number of ether oxygens (including phenoxy) is 1. The molecule has 3 aromatic rings. The van der Waals surface area contributed by atoms with Gasteiger partial charge >= 0.3 is 0 Å². The summed E-state index contributed by atoms with van der Waals surface area (Å²) < 4.78 is 6.20. The lowest BCUT2D eigenvalue weighted by atomic mass is 9.79. The van der Waals surface area contributed by atoms with Gasteiger partial charge in [0.05, 0.1) is 6.61 Å². The molecule has 1 aliphatic carbocycles.